The van der Waals surface area contributed by atoms with Crippen molar-refractivity contribution in [1.29, 1.82) is 0 Å². The number of aromatic nitrogens is 2. The van der Waals surface area contributed by atoms with E-state index < -0.39 is 5.97 Å². The maximum atomic E-state index is 11.4. The lowest BCUT2D eigenvalue weighted by atomic mass is 10.1. The fourth-order valence-corrected chi connectivity index (χ4v) is 2.46. The summed E-state index contributed by atoms with van der Waals surface area (Å²) in [4.78, 5) is 11.4. The first-order chi connectivity index (χ1) is 9.88. The quantitative estimate of drug-likeness (QED) is 0.873. The molecule has 1 N–H and O–H groups in total. The first kappa shape index (κ1) is 15.9. The Hall–Kier alpha value is -1.52. The summed E-state index contributed by atoms with van der Waals surface area (Å²) in [6.07, 6.45) is 2.47. The summed E-state index contributed by atoms with van der Waals surface area (Å²) in [6, 6.07) is 4.94. The van der Waals surface area contributed by atoms with Gasteiger partial charge in [-0.3, -0.25) is 4.68 Å². The zero-order valence-corrected chi connectivity index (χ0v) is 13.3. The van der Waals surface area contributed by atoms with Crippen molar-refractivity contribution in [3.8, 4) is 11.3 Å². The number of nitrogens with zero attached hydrogens (tertiary/aromatic N) is 2. The summed E-state index contributed by atoms with van der Waals surface area (Å²) >= 11 is 12.0. The zero-order valence-electron chi connectivity index (χ0n) is 11.8. The van der Waals surface area contributed by atoms with Crippen molar-refractivity contribution in [2.45, 2.75) is 26.8 Å². The minimum Gasteiger partial charge on any atom is -0.478 e. The predicted octanol–water partition coefficient (Wildman–Crippen LogP) is 4.60. The molecule has 2 rings (SSSR count). The van der Waals surface area contributed by atoms with Crippen molar-refractivity contribution in [2.75, 3.05) is 0 Å². The van der Waals surface area contributed by atoms with Crippen molar-refractivity contribution >= 4 is 29.2 Å². The van der Waals surface area contributed by atoms with Crippen LogP contribution in [0, 0.1) is 5.92 Å². The number of carbonyl (C=O) groups is 1. The molecule has 6 heteroatoms. The van der Waals surface area contributed by atoms with Crippen molar-refractivity contribution in [1.82, 2.24) is 9.78 Å². The summed E-state index contributed by atoms with van der Waals surface area (Å²) in [5.74, 6) is -0.503. The second kappa shape index (κ2) is 6.50. The number of carboxylic acids is 1. The highest BCUT2D eigenvalue weighted by atomic mass is 35.5. The van der Waals surface area contributed by atoms with E-state index in [1.165, 1.54) is 0 Å². The summed E-state index contributed by atoms with van der Waals surface area (Å²) in [6.45, 7) is 4.89. The Balaban J connectivity index is 2.43. The minimum absolute atomic E-state index is 0.142. The van der Waals surface area contributed by atoms with E-state index in [9.17, 15) is 9.90 Å². The minimum atomic E-state index is -1.02. The molecule has 0 radical (unpaired) electrons. The molecule has 0 atom stereocenters. The molecular weight excluding hydrogens is 311 g/mol. The van der Waals surface area contributed by atoms with Crippen molar-refractivity contribution in [3.63, 3.8) is 0 Å². The van der Waals surface area contributed by atoms with Crippen LogP contribution < -0.4 is 0 Å². The van der Waals surface area contributed by atoms with Gasteiger partial charge in [0.05, 0.1) is 5.02 Å². The molecule has 0 aliphatic heterocycles. The van der Waals surface area contributed by atoms with Crippen LogP contribution in [0.15, 0.2) is 24.4 Å². The van der Waals surface area contributed by atoms with E-state index in [2.05, 4.69) is 18.9 Å². The van der Waals surface area contributed by atoms with Crippen molar-refractivity contribution in [3.05, 3.63) is 40.0 Å². The number of carboxylic acid groups (broad SMARTS) is 1. The highest BCUT2D eigenvalue weighted by Gasteiger charge is 2.19. The third-order valence-electron chi connectivity index (χ3n) is 3.11. The summed E-state index contributed by atoms with van der Waals surface area (Å²) in [5.41, 5.74) is 1.08. The molecule has 1 heterocycles. The molecule has 4 nitrogen and oxygen atoms in total. The molecule has 1 aromatic carbocycles. The fourth-order valence-electron chi connectivity index (χ4n) is 1.96. The fraction of sp³-hybridized carbons (Fsp3) is 0.333. The van der Waals surface area contributed by atoms with Gasteiger partial charge in [0.15, 0.2) is 0 Å². The number of hydrogen-bond acceptors (Lipinski definition) is 2. The number of benzene rings is 1. The molecule has 112 valence electrons. The molecule has 0 saturated carbocycles. The van der Waals surface area contributed by atoms with Gasteiger partial charge in [-0.05, 0) is 30.5 Å². The van der Waals surface area contributed by atoms with E-state index in [0.717, 1.165) is 6.42 Å². The van der Waals surface area contributed by atoms with Gasteiger partial charge in [-0.25, -0.2) is 4.79 Å². The Bertz CT molecular complexity index is 666. The van der Waals surface area contributed by atoms with Gasteiger partial charge in [-0.1, -0.05) is 37.0 Å². The molecule has 0 unspecified atom stereocenters. The molecular formula is C15H16Cl2N2O2. The monoisotopic (exact) mass is 326 g/mol. The Labute approximate surface area is 133 Å². The van der Waals surface area contributed by atoms with Gasteiger partial charge in [0.2, 0.25) is 0 Å². The molecule has 0 spiro atoms. The topological polar surface area (TPSA) is 55.1 Å². The third-order valence-corrected chi connectivity index (χ3v) is 3.66. The van der Waals surface area contributed by atoms with Crippen molar-refractivity contribution < 1.29 is 9.90 Å². The number of rotatable bonds is 5. The lowest BCUT2D eigenvalue weighted by Gasteiger charge is -2.05. The van der Waals surface area contributed by atoms with Crippen LogP contribution in [-0.2, 0) is 6.54 Å². The number of hydrogen-bond donors (Lipinski definition) is 1. The molecule has 2 aromatic rings. The van der Waals surface area contributed by atoms with Crippen LogP contribution in [0.2, 0.25) is 10.0 Å². The second-order valence-corrected chi connectivity index (χ2v) is 6.11. The maximum Gasteiger partial charge on any atom is 0.339 e. The van der Waals surface area contributed by atoms with Crippen LogP contribution in [0.4, 0.5) is 0 Å². The second-order valence-electron chi connectivity index (χ2n) is 5.27. The van der Waals surface area contributed by atoms with E-state index in [-0.39, 0.29) is 5.56 Å². The molecule has 0 aliphatic carbocycles. The normalized spacial score (nSPS) is 11.1. The van der Waals surface area contributed by atoms with Crippen LogP contribution in [-0.4, -0.2) is 20.9 Å². The van der Waals surface area contributed by atoms with E-state index >= 15 is 0 Å². The largest absolute Gasteiger partial charge is 0.478 e. The number of aryl methyl sites for hydroxylation is 1. The van der Waals surface area contributed by atoms with Gasteiger partial charge in [-0.2, -0.15) is 5.10 Å². The number of aromatic carboxylic acids is 1. The highest BCUT2D eigenvalue weighted by Crippen LogP contribution is 2.31. The molecule has 0 aliphatic rings. The first-order valence-electron chi connectivity index (χ1n) is 6.64. The Morgan fingerprint density at radius 2 is 2.10 bits per heavy atom. The average Bonchev–Trinajstić information content (AvgIpc) is 2.80. The van der Waals surface area contributed by atoms with Crippen LogP contribution in [0.1, 0.15) is 30.6 Å². The zero-order chi connectivity index (χ0) is 15.6. The van der Waals surface area contributed by atoms with Crippen LogP contribution in [0.5, 0.6) is 0 Å². The first-order valence-corrected chi connectivity index (χ1v) is 7.40. The smallest absolute Gasteiger partial charge is 0.339 e. The van der Waals surface area contributed by atoms with Crippen molar-refractivity contribution in [2.24, 2.45) is 5.92 Å². The lowest BCUT2D eigenvalue weighted by molar-refractivity contribution is 0.0697. The third kappa shape index (κ3) is 3.77. The molecule has 0 bridgehead atoms. The summed E-state index contributed by atoms with van der Waals surface area (Å²) in [7, 11) is 0. The molecule has 0 saturated heterocycles. The lowest BCUT2D eigenvalue weighted by Crippen LogP contribution is -2.02. The summed E-state index contributed by atoms with van der Waals surface area (Å²) in [5, 5.41) is 14.6. The van der Waals surface area contributed by atoms with Crippen LogP contribution >= 0.6 is 23.2 Å². The van der Waals surface area contributed by atoms with Gasteiger partial charge < -0.3 is 5.11 Å². The number of halogens is 2. The SMILES string of the molecule is CC(C)CCn1cc(C(=O)O)c(-c2ccc(Cl)cc2Cl)n1. The molecule has 0 amide bonds. The van der Waals surface area contributed by atoms with Gasteiger partial charge in [-0.15, -0.1) is 0 Å². The van der Waals surface area contributed by atoms with Crippen LogP contribution in [0.25, 0.3) is 11.3 Å². The highest BCUT2D eigenvalue weighted by molar-refractivity contribution is 6.36. The van der Waals surface area contributed by atoms with Gasteiger partial charge in [0.25, 0.3) is 0 Å². The van der Waals surface area contributed by atoms with E-state index in [1.807, 2.05) is 0 Å². The Morgan fingerprint density at radius 3 is 2.67 bits per heavy atom. The van der Waals surface area contributed by atoms with Crippen LogP contribution in [0.3, 0.4) is 0 Å². The Kier molecular flexibility index (Phi) is 4.91. The van der Waals surface area contributed by atoms with E-state index in [1.54, 1.807) is 29.1 Å². The van der Waals surface area contributed by atoms with E-state index in [0.29, 0.717) is 33.8 Å². The standard InChI is InChI=1S/C15H16Cl2N2O2/c1-9(2)5-6-19-8-12(15(20)21)14(18-19)11-4-3-10(16)7-13(11)17/h3-4,7-9H,5-6H2,1-2H3,(H,20,21). The molecule has 1 aromatic heterocycles. The predicted molar refractivity (Wildman–Crippen MR) is 84.1 cm³/mol. The van der Waals surface area contributed by atoms with Gasteiger partial charge in [0, 0.05) is 23.3 Å². The van der Waals surface area contributed by atoms with Gasteiger partial charge in [0.1, 0.15) is 11.3 Å². The van der Waals surface area contributed by atoms with Gasteiger partial charge >= 0.3 is 5.97 Å². The Morgan fingerprint density at radius 1 is 1.38 bits per heavy atom. The molecule has 21 heavy (non-hydrogen) atoms. The average molecular weight is 327 g/mol. The molecule has 0 fully saturated rings. The maximum absolute atomic E-state index is 11.4. The van der Waals surface area contributed by atoms with E-state index in [4.69, 9.17) is 23.2 Å². The summed E-state index contributed by atoms with van der Waals surface area (Å²) < 4.78 is 1.66.